The standard InChI is InChI=1S/C17H15FN2O4S2/c1-2-20-13-9-14-15(24-8-7-23-14)10-16(13)25-17(20)19-26(21,22)12-5-3-11(18)4-6-12/h3-6,9-10H,2,7-8H2,1H3. The molecule has 0 aliphatic carbocycles. The number of hydrogen-bond donors (Lipinski definition) is 0. The van der Waals surface area contributed by atoms with E-state index in [1.807, 2.05) is 19.1 Å². The van der Waals surface area contributed by atoms with Crippen molar-refractivity contribution in [2.45, 2.75) is 18.4 Å². The molecule has 3 aromatic rings. The Bertz CT molecular complexity index is 1150. The van der Waals surface area contributed by atoms with E-state index in [0.29, 0.717) is 36.1 Å². The number of nitrogens with zero attached hydrogens (tertiary/aromatic N) is 2. The van der Waals surface area contributed by atoms with Gasteiger partial charge in [0, 0.05) is 18.7 Å². The van der Waals surface area contributed by atoms with Crippen molar-refractivity contribution < 1.29 is 22.3 Å². The molecule has 0 radical (unpaired) electrons. The van der Waals surface area contributed by atoms with E-state index in [2.05, 4.69) is 4.40 Å². The first kappa shape index (κ1) is 17.0. The van der Waals surface area contributed by atoms with Crippen LogP contribution in [0.5, 0.6) is 11.5 Å². The van der Waals surface area contributed by atoms with Gasteiger partial charge in [-0.1, -0.05) is 11.3 Å². The molecule has 0 saturated carbocycles. The molecule has 4 rings (SSSR count). The summed E-state index contributed by atoms with van der Waals surface area (Å²) >= 11 is 1.25. The number of fused-ring (bicyclic) bond motifs is 2. The Kier molecular flexibility index (Phi) is 4.20. The lowest BCUT2D eigenvalue weighted by molar-refractivity contribution is 0.172. The number of hydrogen-bond acceptors (Lipinski definition) is 5. The molecule has 0 N–H and O–H groups in total. The molecule has 26 heavy (non-hydrogen) atoms. The van der Waals surface area contributed by atoms with E-state index in [4.69, 9.17) is 9.47 Å². The molecule has 1 aliphatic rings. The maximum atomic E-state index is 13.1. The molecule has 0 saturated heterocycles. The summed E-state index contributed by atoms with van der Waals surface area (Å²) in [6, 6.07) is 8.29. The SMILES string of the molecule is CCn1c(=NS(=O)(=O)c2ccc(F)cc2)sc2cc3c(cc21)OCCO3. The highest BCUT2D eigenvalue weighted by Crippen LogP contribution is 2.35. The van der Waals surface area contributed by atoms with E-state index in [9.17, 15) is 12.8 Å². The van der Waals surface area contributed by atoms with Crippen LogP contribution in [0.15, 0.2) is 45.7 Å². The molecule has 136 valence electrons. The van der Waals surface area contributed by atoms with Crippen LogP contribution in [0.3, 0.4) is 0 Å². The molecule has 6 nitrogen and oxygen atoms in total. The van der Waals surface area contributed by atoms with Gasteiger partial charge in [0.2, 0.25) is 4.80 Å². The predicted molar refractivity (Wildman–Crippen MR) is 95.6 cm³/mol. The summed E-state index contributed by atoms with van der Waals surface area (Å²) in [6.45, 7) is 3.41. The van der Waals surface area contributed by atoms with Gasteiger partial charge in [0.05, 0.1) is 15.1 Å². The Labute approximate surface area is 153 Å². The van der Waals surface area contributed by atoms with Crippen molar-refractivity contribution in [1.82, 2.24) is 4.57 Å². The highest BCUT2D eigenvalue weighted by atomic mass is 32.2. The second-order valence-corrected chi connectivity index (χ2v) is 8.23. The fourth-order valence-electron chi connectivity index (χ4n) is 2.74. The van der Waals surface area contributed by atoms with Gasteiger partial charge in [0.25, 0.3) is 10.0 Å². The quantitative estimate of drug-likeness (QED) is 0.685. The number of sulfonamides is 1. The second kappa shape index (κ2) is 6.40. The Morgan fingerprint density at radius 1 is 1.15 bits per heavy atom. The van der Waals surface area contributed by atoms with Crippen LogP contribution in [0.1, 0.15) is 6.92 Å². The molecular formula is C17H15FN2O4S2. The van der Waals surface area contributed by atoms with Crippen LogP contribution < -0.4 is 14.3 Å². The number of thiazole rings is 1. The molecule has 1 aromatic heterocycles. The summed E-state index contributed by atoms with van der Waals surface area (Å²) in [7, 11) is -3.94. The van der Waals surface area contributed by atoms with Crippen LogP contribution in [0.4, 0.5) is 4.39 Å². The second-order valence-electron chi connectivity index (χ2n) is 5.61. The van der Waals surface area contributed by atoms with Gasteiger partial charge < -0.3 is 14.0 Å². The molecule has 2 heterocycles. The third kappa shape index (κ3) is 2.97. The lowest BCUT2D eigenvalue weighted by atomic mass is 10.2. The van der Waals surface area contributed by atoms with E-state index in [0.717, 1.165) is 22.3 Å². The smallest absolute Gasteiger partial charge is 0.285 e. The topological polar surface area (TPSA) is 69.9 Å². The van der Waals surface area contributed by atoms with Crippen molar-refractivity contribution in [2.24, 2.45) is 4.40 Å². The number of benzene rings is 2. The van der Waals surface area contributed by atoms with Gasteiger partial charge >= 0.3 is 0 Å². The largest absolute Gasteiger partial charge is 0.486 e. The lowest BCUT2D eigenvalue weighted by Crippen LogP contribution is -2.17. The molecule has 0 amide bonds. The van der Waals surface area contributed by atoms with E-state index in [1.54, 1.807) is 4.57 Å². The molecule has 1 aliphatic heterocycles. The summed E-state index contributed by atoms with van der Waals surface area (Å²) in [5.41, 5.74) is 0.829. The summed E-state index contributed by atoms with van der Waals surface area (Å²) < 4.78 is 56.0. The predicted octanol–water partition coefficient (Wildman–Crippen LogP) is 2.92. The molecule has 0 atom stereocenters. The molecule has 0 bridgehead atoms. The highest BCUT2D eigenvalue weighted by Gasteiger charge is 2.18. The molecule has 0 fully saturated rings. The zero-order valence-corrected chi connectivity index (χ0v) is 15.4. The van der Waals surface area contributed by atoms with E-state index < -0.39 is 15.8 Å². The van der Waals surface area contributed by atoms with Crippen LogP contribution in [-0.2, 0) is 16.6 Å². The number of halogens is 1. The monoisotopic (exact) mass is 394 g/mol. The zero-order chi connectivity index (χ0) is 18.3. The Morgan fingerprint density at radius 2 is 1.81 bits per heavy atom. The zero-order valence-electron chi connectivity index (χ0n) is 13.8. The van der Waals surface area contributed by atoms with E-state index in [-0.39, 0.29) is 4.90 Å². The lowest BCUT2D eigenvalue weighted by Gasteiger charge is -2.18. The minimum Gasteiger partial charge on any atom is -0.486 e. The Morgan fingerprint density at radius 3 is 2.46 bits per heavy atom. The summed E-state index contributed by atoms with van der Waals surface area (Å²) in [4.78, 5) is 0.291. The van der Waals surface area contributed by atoms with Gasteiger partial charge in [-0.15, -0.1) is 4.40 Å². The maximum absolute atomic E-state index is 13.1. The van der Waals surface area contributed by atoms with Crippen molar-refractivity contribution in [3.63, 3.8) is 0 Å². The van der Waals surface area contributed by atoms with Crippen molar-refractivity contribution >= 4 is 31.6 Å². The van der Waals surface area contributed by atoms with Gasteiger partial charge in [0.1, 0.15) is 19.0 Å². The van der Waals surface area contributed by atoms with Gasteiger partial charge in [-0.25, -0.2) is 4.39 Å². The Balaban J connectivity index is 1.90. The minimum absolute atomic E-state index is 0.0510. The molecule has 2 aromatic carbocycles. The first-order valence-electron chi connectivity index (χ1n) is 7.97. The van der Waals surface area contributed by atoms with Gasteiger partial charge in [-0.3, -0.25) is 0 Å². The van der Waals surface area contributed by atoms with Crippen molar-refractivity contribution in [1.29, 1.82) is 0 Å². The summed E-state index contributed by atoms with van der Waals surface area (Å²) in [5, 5.41) is 0. The third-order valence-corrected chi connectivity index (χ3v) is 6.41. The number of ether oxygens (including phenoxy) is 2. The van der Waals surface area contributed by atoms with Crippen LogP contribution in [-0.4, -0.2) is 26.2 Å². The molecule has 0 unspecified atom stereocenters. The van der Waals surface area contributed by atoms with Gasteiger partial charge in [-0.2, -0.15) is 8.42 Å². The van der Waals surface area contributed by atoms with Crippen LogP contribution >= 0.6 is 11.3 Å². The van der Waals surface area contributed by atoms with Crippen molar-refractivity contribution in [2.75, 3.05) is 13.2 Å². The average molecular weight is 394 g/mol. The fraction of sp³-hybridized carbons (Fsp3) is 0.235. The average Bonchev–Trinajstić information content (AvgIpc) is 2.95. The highest BCUT2D eigenvalue weighted by molar-refractivity contribution is 7.90. The maximum Gasteiger partial charge on any atom is 0.285 e. The van der Waals surface area contributed by atoms with Crippen molar-refractivity contribution in [3.05, 3.63) is 47.0 Å². The van der Waals surface area contributed by atoms with Crippen LogP contribution in [0.2, 0.25) is 0 Å². The minimum atomic E-state index is -3.94. The number of aryl methyl sites for hydroxylation is 1. The fourth-order valence-corrected chi connectivity index (χ4v) is 5.05. The Hall–Kier alpha value is -2.39. The molecule has 9 heteroatoms. The van der Waals surface area contributed by atoms with Crippen LogP contribution in [0.25, 0.3) is 10.2 Å². The van der Waals surface area contributed by atoms with Crippen LogP contribution in [0, 0.1) is 5.82 Å². The van der Waals surface area contributed by atoms with Crippen molar-refractivity contribution in [3.8, 4) is 11.5 Å². The van der Waals surface area contributed by atoms with Gasteiger partial charge in [-0.05, 0) is 31.2 Å². The van der Waals surface area contributed by atoms with E-state index in [1.165, 1.54) is 23.5 Å². The number of aromatic nitrogens is 1. The molecule has 0 spiro atoms. The first-order chi connectivity index (χ1) is 12.5. The molecular weight excluding hydrogens is 379 g/mol. The first-order valence-corrected chi connectivity index (χ1v) is 10.2. The van der Waals surface area contributed by atoms with E-state index >= 15 is 0 Å². The summed E-state index contributed by atoms with van der Waals surface area (Å²) in [5.74, 6) is 0.776. The summed E-state index contributed by atoms with van der Waals surface area (Å²) in [6.07, 6.45) is 0. The third-order valence-electron chi connectivity index (χ3n) is 3.97. The van der Waals surface area contributed by atoms with Gasteiger partial charge in [0.15, 0.2) is 11.5 Å². The normalized spacial score (nSPS) is 14.8. The number of rotatable bonds is 3.